The number of amides is 1. The highest BCUT2D eigenvalue weighted by molar-refractivity contribution is 6.29. The number of pyridine rings is 1. The number of methoxy groups -OCH3 is 1. The van der Waals surface area contributed by atoms with Crippen molar-refractivity contribution in [3.63, 3.8) is 0 Å². The molecule has 0 unspecified atom stereocenters. The zero-order valence-electron chi connectivity index (χ0n) is 12.4. The Balaban J connectivity index is 2.44. The van der Waals surface area contributed by atoms with Crippen LogP contribution in [0.1, 0.15) is 20.7 Å². The molecular formula is C15H14ClN3O4. The van der Waals surface area contributed by atoms with E-state index in [0.717, 1.165) is 0 Å². The molecule has 23 heavy (non-hydrogen) atoms. The number of halogens is 1. The van der Waals surface area contributed by atoms with Crippen LogP contribution in [0.4, 0.5) is 11.4 Å². The van der Waals surface area contributed by atoms with Gasteiger partial charge in [0.25, 0.3) is 5.91 Å². The summed E-state index contributed by atoms with van der Waals surface area (Å²) in [7, 11) is 2.92. The maximum absolute atomic E-state index is 11.9. The Hall–Kier alpha value is -2.80. The largest absolute Gasteiger partial charge is 0.495 e. The number of hydrogen-bond acceptors (Lipinski definition) is 5. The maximum atomic E-state index is 11.9. The van der Waals surface area contributed by atoms with E-state index >= 15 is 0 Å². The molecule has 0 radical (unpaired) electrons. The van der Waals surface area contributed by atoms with Crippen LogP contribution in [0, 0.1) is 0 Å². The summed E-state index contributed by atoms with van der Waals surface area (Å²) in [6, 6.07) is 5.85. The lowest BCUT2D eigenvalue weighted by Gasteiger charge is -2.14. The fraction of sp³-hybridized carbons (Fsp3) is 0.133. The van der Waals surface area contributed by atoms with Crippen molar-refractivity contribution in [3.05, 3.63) is 46.7 Å². The van der Waals surface area contributed by atoms with Gasteiger partial charge in [-0.1, -0.05) is 11.6 Å². The second-order valence-electron chi connectivity index (χ2n) is 4.48. The van der Waals surface area contributed by atoms with E-state index < -0.39 is 5.97 Å². The Labute approximate surface area is 137 Å². The third kappa shape index (κ3) is 3.70. The van der Waals surface area contributed by atoms with Crippen LogP contribution in [0.2, 0.25) is 5.15 Å². The predicted octanol–water partition coefficient (Wildman–Crippen LogP) is 2.55. The Morgan fingerprint density at radius 1 is 1.26 bits per heavy atom. The average molecular weight is 336 g/mol. The number of carboxylic acid groups (broad SMARTS) is 1. The molecule has 0 bridgehead atoms. The van der Waals surface area contributed by atoms with E-state index in [9.17, 15) is 9.59 Å². The molecule has 0 saturated carbocycles. The maximum Gasteiger partial charge on any atom is 0.335 e. The van der Waals surface area contributed by atoms with Gasteiger partial charge in [-0.2, -0.15) is 0 Å². The van der Waals surface area contributed by atoms with Crippen LogP contribution in [-0.2, 0) is 0 Å². The van der Waals surface area contributed by atoms with Gasteiger partial charge in [-0.3, -0.25) is 4.79 Å². The highest BCUT2D eigenvalue weighted by Gasteiger charge is 2.14. The molecule has 120 valence electrons. The lowest BCUT2D eigenvalue weighted by atomic mass is 10.1. The number of hydrogen-bond donors (Lipinski definition) is 3. The van der Waals surface area contributed by atoms with Crippen molar-refractivity contribution in [2.75, 3.05) is 19.5 Å². The minimum atomic E-state index is -1.06. The fourth-order valence-corrected chi connectivity index (χ4v) is 2.08. The summed E-state index contributed by atoms with van der Waals surface area (Å²) in [6.07, 6.45) is 1.35. The summed E-state index contributed by atoms with van der Waals surface area (Å²) in [5.74, 6) is -1.08. The van der Waals surface area contributed by atoms with Crippen molar-refractivity contribution in [2.24, 2.45) is 0 Å². The lowest BCUT2D eigenvalue weighted by Crippen LogP contribution is -2.19. The number of aromatic carboxylic acids is 1. The van der Waals surface area contributed by atoms with Crippen molar-refractivity contribution in [1.82, 2.24) is 10.3 Å². The molecule has 2 aromatic rings. The van der Waals surface area contributed by atoms with Crippen molar-refractivity contribution in [3.8, 4) is 5.75 Å². The van der Waals surface area contributed by atoms with Gasteiger partial charge in [0.1, 0.15) is 10.9 Å². The second kappa shape index (κ2) is 6.97. The number of carboxylic acids is 1. The van der Waals surface area contributed by atoms with Crippen LogP contribution in [0.5, 0.6) is 5.75 Å². The Morgan fingerprint density at radius 3 is 2.61 bits per heavy atom. The Kier molecular flexibility index (Phi) is 5.02. The Morgan fingerprint density at radius 2 is 2.00 bits per heavy atom. The van der Waals surface area contributed by atoms with Gasteiger partial charge in [0.2, 0.25) is 0 Å². The molecule has 0 aliphatic rings. The number of anilines is 2. The van der Waals surface area contributed by atoms with Gasteiger partial charge >= 0.3 is 5.97 Å². The van der Waals surface area contributed by atoms with Crippen LogP contribution in [0.3, 0.4) is 0 Å². The van der Waals surface area contributed by atoms with E-state index in [-0.39, 0.29) is 16.6 Å². The van der Waals surface area contributed by atoms with E-state index in [1.165, 1.54) is 38.6 Å². The van der Waals surface area contributed by atoms with Crippen molar-refractivity contribution < 1.29 is 19.4 Å². The molecule has 0 atom stereocenters. The molecule has 1 aromatic carbocycles. The van der Waals surface area contributed by atoms with Gasteiger partial charge in [0.15, 0.2) is 0 Å². The molecule has 0 aliphatic carbocycles. The summed E-state index contributed by atoms with van der Waals surface area (Å²) in [5.41, 5.74) is 1.29. The molecule has 0 saturated heterocycles. The number of carbonyl (C=O) groups excluding carboxylic acids is 1. The fourth-order valence-electron chi connectivity index (χ4n) is 1.92. The summed E-state index contributed by atoms with van der Waals surface area (Å²) in [6.45, 7) is 0. The first-order valence-electron chi connectivity index (χ1n) is 6.52. The quantitative estimate of drug-likeness (QED) is 0.726. The summed E-state index contributed by atoms with van der Waals surface area (Å²) in [4.78, 5) is 26.8. The van der Waals surface area contributed by atoms with Crippen molar-refractivity contribution in [1.29, 1.82) is 0 Å². The zero-order valence-corrected chi connectivity index (χ0v) is 13.1. The minimum Gasteiger partial charge on any atom is -0.495 e. The Bertz CT molecular complexity index is 764. The molecule has 1 amide bonds. The van der Waals surface area contributed by atoms with E-state index in [1.807, 2.05) is 0 Å². The predicted molar refractivity (Wildman–Crippen MR) is 85.9 cm³/mol. The normalized spacial score (nSPS) is 10.0. The topological polar surface area (TPSA) is 101 Å². The third-order valence-corrected chi connectivity index (χ3v) is 3.27. The first-order valence-corrected chi connectivity index (χ1v) is 6.90. The van der Waals surface area contributed by atoms with E-state index in [1.54, 1.807) is 6.07 Å². The number of nitrogens with one attached hydrogen (secondary N) is 2. The van der Waals surface area contributed by atoms with Crippen LogP contribution >= 0.6 is 11.6 Å². The molecule has 1 aromatic heterocycles. The van der Waals surface area contributed by atoms with Crippen molar-refractivity contribution >= 4 is 34.9 Å². The number of benzene rings is 1. The molecule has 0 fully saturated rings. The monoisotopic (exact) mass is 335 g/mol. The highest BCUT2D eigenvalue weighted by Crippen LogP contribution is 2.31. The van der Waals surface area contributed by atoms with Crippen LogP contribution < -0.4 is 15.4 Å². The van der Waals surface area contributed by atoms with Gasteiger partial charge in [0, 0.05) is 13.2 Å². The average Bonchev–Trinajstić information content (AvgIpc) is 2.54. The van der Waals surface area contributed by atoms with E-state index in [4.69, 9.17) is 21.4 Å². The minimum absolute atomic E-state index is 0.0895. The standard InChI is InChI=1S/C15H14ClN3O4/c1-17-14(20)9-7-18-13(16)6-11(9)19-10-4-3-8(15(21)22)5-12(10)23-2/h3-7H,1-2H3,(H,17,20)(H,18,19)(H,21,22). The van der Waals surface area contributed by atoms with Crippen LogP contribution in [-0.4, -0.2) is 36.1 Å². The van der Waals surface area contributed by atoms with Gasteiger partial charge in [-0.15, -0.1) is 0 Å². The SMILES string of the molecule is CNC(=O)c1cnc(Cl)cc1Nc1ccc(C(=O)O)cc1OC. The van der Waals surface area contributed by atoms with Gasteiger partial charge in [-0.25, -0.2) is 9.78 Å². The molecule has 2 rings (SSSR count). The molecule has 7 nitrogen and oxygen atoms in total. The van der Waals surface area contributed by atoms with E-state index in [2.05, 4.69) is 15.6 Å². The molecule has 3 N–H and O–H groups in total. The van der Waals surface area contributed by atoms with Gasteiger partial charge in [-0.05, 0) is 24.3 Å². The van der Waals surface area contributed by atoms with E-state index in [0.29, 0.717) is 22.7 Å². The van der Waals surface area contributed by atoms with Crippen LogP contribution in [0.15, 0.2) is 30.5 Å². The summed E-state index contributed by atoms with van der Waals surface area (Å²) in [5, 5.41) is 14.7. The number of ether oxygens (including phenoxy) is 1. The number of nitrogens with zero attached hydrogens (tertiary/aromatic N) is 1. The molecule has 0 spiro atoms. The molecule has 0 aliphatic heterocycles. The molecular weight excluding hydrogens is 322 g/mol. The number of aromatic nitrogens is 1. The second-order valence-corrected chi connectivity index (χ2v) is 4.86. The lowest BCUT2D eigenvalue weighted by molar-refractivity contribution is 0.0696. The third-order valence-electron chi connectivity index (χ3n) is 3.06. The number of rotatable bonds is 5. The zero-order chi connectivity index (χ0) is 17.0. The molecule has 8 heteroatoms. The van der Waals surface area contributed by atoms with Crippen molar-refractivity contribution in [2.45, 2.75) is 0 Å². The highest BCUT2D eigenvalue weighted by atomic mass is 35.5. The first-order chi connectivity index (χ1) is 11.0. The van der Waals surface area contributed by atoms with Gasteiger partial charge in [0.05, 0.1) is 29.6 Å². The smallest absolute Gasteiger partial charge is 0.335 e. The first kappa shape index (κ1) is 16.6. The van der Waals surface area contributed by atoms with Gasteiger partial charge < -0.3 is 20.5 Å². The summed E-state index contributed by atoms with van der Waals surface area (Å²) < 4.78 is 5.19. The number of carbonyl (C=O) groups is 2. The molecule has 1 heterocycles. The summed E-state index contributed by atoms with van der Waals surface area (Å²) >= 11 is 5.88. The van der Waals surface area contributed by atoms with Crippen LogP contribution in [0.25, 0.3) is 0 Å².